The SMILES string of the molecule is CCOc1cc(/C=C(\C#N)c2ccc(C)cc2)cc(I)c1OCC. The number of hydrogen-bond acceptors (Lipinski definition) is 3. The Morgan fingerprint density at radius 1 is 1.12 bits per heavy atom. The lowest BCUT2D eigenvalue weighted by Gasteiger charge is -2.13. The monoisotopic (exact) mass is 433 g/mol. The maximum Gasteiger partial charge on any atom is 0.174 e. The van der Waals surface area contributed by atoms with Crippen LogP contribution in [0.3, 0.4) is 0 Å². The third-order valence-corrected chi connectivity index (χ3v) is 4.22. The number of rotatable bonds is 6. The Labute approximate surface area is 157 Å². The third kappa shape index (κ3) is 4.51. The van der Waals surface area contributed by atoms with E-state index in [1.54, 1.807) is 0 Å². The van der Waals surface area contributed by atoms with Crippen molar-refractivity contribution >= 4 is 34.2 Å². The summed E-state index contributed by atoms with van der Waals surface area (Å²) in [5.41, 5.74) is 3.62. The summed E-state index contributed by atoms with van der Waals surface area (Å²) in [6, 6.07) is 14.1. The molecule has 3 nitrogen and oxygen atoms in total. The number of halogens is 1. The van der Waals surface area contributed by atoms with Gasteiger partial charge >= 0.3 is 0 Å². The number of hydrogen-bond donors (Lipinski definition) is 0. The molecule has 0 radical (unpaired) electrons. The first-order valence-corrected chi connectivity index (χ1v) is 8.94. The molecule has 0 atom stereocenters. The minimum Gasteiger partial charge on any atom is -0.490 e. The van der Waals surface area contributed by atoms with Gasteiger partial charge in [-0.05, 0) is 72.7 Å². The van der Waals surface area contributed by atoms with Crippen LogP contribution in [0.25, 0.3) is 11.6 Å². The Hall–Kier alpha value is -2.00. The lowest BCUT2D eigenvalue weighted by atomic mass is 10.0. The van der Waals surface area contributed by atoms with Crippen LogP contribution in [0.2, 0.25) is 0 Å². The molecule has 0 fully saturated rings. The van der Waals surface area contributed by atoms with Gasteiger partial charge < -0.3 is 9.47 Å². The Morgan fingerprint density at radius 2 is 1.79 bits per heavy atom. The zero-order valence-electron chi connectivity index (χ0n) is 14.1. The Balaban J connectivity index is 2.46. The number of nitrogens with zero attached hydrogens (tertiary/aromatic N) is 1. The van der Waals surface area contributed by atoms with Crippen LogP contribution in [0.1, 0.15) is 30.5 Å². The summed E-state index contributed by atoms with van der Waals surface area (Å²) in [6.45, 7) is 7.07. The van der Waals surface area contributed by atoms with E-state index in [-0.39, 0.29) is 0 Å². The average molecular weight is 433 g/mol. The molecule has 124 valence electrons. The highest BCUT2D eigenvalue weighted by Crippen LogP contribution is 2.35. The zero-order valence-corrected chi connectivity index (χ0v) is 16.3. The number of ether oxygens (including phenoxy) is 2. The molecule has 0 heterocycles. The lowest BCUT2D eigenvalue weighted by molar-refractivity contribution is 0.286. The van der Waals surface area contributed by atoms with Crippen molar-refractivity contribution in [2.75, 3.05) is 13.2 Å². The number of benzene rings is 2. The summed E-state index contributed by atoms with van der Waals surface area (Å²) >= 11 is 2.24. The molecule has 0 spiro atoms. The van der Waals surface area contributed by atoms with E-state index in [9.17, 15) is 5.26 Å². The van der Waals surface area contributed by atoms with E-state index in [2.05, 4.69) is 28.7 Å². The van der Waals surface area contributed by atoms with Crippen LogP contribution in [0.5, 0.6) is 11.5 Å². The van der Waals surface area contributed by atoms with Gasteiger partial charge in [0.15, 0.2) is 11.5 Å². The van der Waals surface area contributed by atoms with Gasteiger partial charge in [-0.2, -0.15) is 5.26 Å². The van der Waals surface area contributed by atoms with Crippen LogP contribution in [-0.2, 0) is 0 Å². The standard InChI is InChI=1S/C20H20INO2/c1-4-23-19-12-15(11-18(21)20(19)24-5-2)10-17(13-22)16-8-6-14(3)7-9-16/h6-12H,4-5H2,1-3H3/b17-10+. The predicted octanol–water partition coefficient (Wildman–Crippen LogP) is 5.46. The first-order valence-electron chi connectivity index (χ1n) is 7.87. The fourth-order valence-electron chi connectivity index (χ4n) is 2.30. The van der Waals surface area contributed by atoms with Crippen LogP contribution in [-0.4, -0.2) is 13.2 Å². The Kier molecular flexibility index (Phi) is 6.68. The molecule has 0 unspecified atom stereocenters. The molecule has 4 heteroatoms. The molecule has 24 heavy (non-hydrogen) atoms. The van der Waals surface area contributed by atoms with E-state index in [0.717, 1.165) is 20.4 Å². The third-order valence-electron chi connectivity index (χ3n) is 3.41. The van der Waals surface area contributed by atoms with Crippen LogP contribution in [0, 0.1) is 21.8 Å². The summed E-state index contributed by atoms with van der Waals surface area (Å²) in [7, 11) is 0. The maximum absolute atomic E-state index is 9.51. The van der Waals surface area contributed by atoms with Gasteiger partial charge in [-0.15, -0.1) is 0 Å². The van der Waals surface area contributed by atoms with Crippen LogP contribution < -0.4 is 9.47 Å². The number of nitriles is 1. The van der Waals surface area contributed by atoms with Crippen molar-refractivity contribution in [1.82, 2.24) is 0 Å². The van der Waals surface area contributed by atoms with Crippen LogP contribution >= 0.6 is 22.6 Å². The number of allylic oxidation sites excluding steroid dienone is 1. The first-order chi connectivity index (χ1) is 11.6. The summed E-state index contributed by atoms with van der Waals surface area (Å²) in [4.78, 5) is 0. The average Bonchev–Trinajstić information content (AvgIpc) is 2.57. The van der Waals surface area contributed by atoms with Gasteiger partial charge in [-0.3, -0.25) is 0 Å². The van der Waals surface area contributed by atoms with Crippen molar-refractivity contribution in [3.63, 3.8) is 0 Å². The van der Waals surface area contributed by atoms with E-state index in [0.29, 0.717) is 24.5 Å². The van der Waals surface area contributed by atoms with Gasteiger partial charge in [-0.25, -0.2) is 0 Å². The molecular weight excluding hydrogens is 413 g/mol. The fourth-order valence-corrected chi connectivity index (χ4v) is 3.08. The van der Waals surface area contributed by atoms with Crippen molar-refractivity contribution in [3.05, 3.63) is 56.7 Å². The van der Waals surface area contributed by atoms with Crippen molar-refractivity contribution < 1.29 is 9.47 Å². The predicted molar refractivity (Wildman–Crippen MR) is 106 cm³/mol. The molecular formula is C20H20INO2. The Morgan fingerprint density at radius 3 is 2.38 bits per heavy atom. The van der Waals surface area contributed by atoms with Crippen LogP contribution in [0.4, 0.5) is 0 Å². The summed E-state index contributed by atoms with van der Waals surface area (Å²) in [5, 5.41) is 9.51. The highest BCUT2D eigenvalue weighted by atomic mass is 127. The second-order valence-corrected chi connectivity index (χ2v) is 6.39. The summed E-state index contributed by atoms with van der Waals surface area (Å²) < 4.78 is 12.4. The molecule has 0 aromatic heterocycles. The molecule has 2 rings (SSSR count). The van der Waals surface area contributed by atoms with Crippen molar-refractivity contribution in [3.8, 4) is 17.6 Å². The second kappa shape index (κ2) is 8.74. The van der Waals surface area contributed by atoms with E-state index in [1.807, 2.05) is 63.2 Å². The van der Waals surface area contributed by atoms with E-state index in [1.165, 1.54) is 5.56 Å². The first kappa shape index (κ1) is 18.3. The number of aryl methyl sites for hydroxylation is 1. The minimum absolute atomic E-state index is 0.562. The van der Waals surface area contributed by atoms with Gasteiger partial charge in [0.2, 0.25) is 0 Å². The summed E-state index contributed by atoms with van der Waals surface area (Å²) in [5.74, 6) is 1.46. The maximum atomic E-state index is 9.51. The molecule has 0 amide bonds. The largest absolute Gasteiger partial charge is 0.490 e. The lowest BCUT2D eigenvalue weighted by Crippen LogP contribution is -2.00. The summed E-state index contributed by atoms with van der Waals surface area (Å²) in [6.07, 6.45) is 1.88. The van der Waals surface area contributed by atoms with Crippen molar-refractivity contribution in [1.29, 1.82) is 5.26 Å². The normalized spacial score (nSPS) is 11.0. The molecule has 0 aliphatic heterocycles. The van der Waals surface area contributed by atoms with Gasteiger partial charge in [-0.1, -0.05) is 29.8 Å². The minimum atomic E-state index is 0.562. The van der Waals surface area contributed by atoms with Crippen molar-refractivity contribution in [2.45, 2.75) is 20.8 Å². The highest BCUT2D eigenvalue weighted by Gasteiger charge is 2.12. The fraction of sp³-hybridized carbons (Fsp3) is 0.250. The molecule has 2 aromatic carbocycles. The van der Waals surface area contributed by atoms with Crippen LogP contribution in [0.15, 0.2) is 36.4 Å². The van der Waals surface area contributed by atoms with Crippen molar-refractivity contribution in [2.24, 2.45) is 0 Å². The smallest absolute Gasteiger partial charge is 0.174 e. The van der Waals surface area contributed by atoms with E-state index in [4.69, 9.17) is 9.47 Å². The molecule has 0 N–H and O–H groups in total. The topological polar surface area (TPSA) is 42.2 Å². The van der Waals surface area contributed by atoms with Gasteiger partial charge in [0.05, 0.1) is 28.4 Å². The van der Waals surface area contributed by atoms with E-state index >= 15 is 0 Å². The second-order valence-electron chi connectivity index (χ2n) is 5.23. The molecule has 0 saturated carbocycles. The zero-order chi connectivity index (χ0) is 17.5. The molecule has 0 bridgehead atoms. The van der Waals surface area contributed by atoms with E-state index < -0.39 is 0 Å². The molecule has 0 aliphatic rings. The molecule has 2 aromatic rings. The van der Waals surface area contributed by atoms with Gasteiger partial charge in [0, 0.05) is 0 Å². The van der Waals surface area contributed by atoms with Gasteiger partial charge in [0.25, 0.3) is 0 Å². The Bertz CT molecular complexity index is 773. The van der Waals surface area contributed by atoms with Gasteiger partial charge in [0.1, 0.15) is 0 Å². The molecule has 0 saturated heterocycles. The highest BCUT2D eigenvalue weighted by molar-refractivity contribution is 14.1. The molecule has 0 aliphatic carbocycles. The quantitative estimate of drug-likeness (QED) is 0.345.